The van der Waals surface area contributed by atoms with E-state index in [1.165, 1.54) is 0 Å². The number of rotatable bonds is 3. The number of hydrogen-bond acceptors (Lipinski definition) is 2. The first kappa shape index (κ1) is 13.6. The van der Waals surface area contributed by atoms with Crippen LogP contribution in [0.4, 0.5) is 0 Å². The van der Waals surface area contributed by atoms with Crippen molar-refractivity contribution >= 4 is 21.8 Å². The number of carbonyl (C=O) groups excluding carboxylic acids is 1. The van der Waals surface area contributed by atoms with E-state index in [0.29, 0.717) is 5.92 Å². The number of aliphatic hydroxyl groups excluding tert-OH is 1. The summed E-state index contributed by atoms with van der Waals surface area (Å²) in [5.41, 5.74) is 1.72. The largest absolute Gasteiger partial charge is 0.393 e. The maximum absolute atomic E-state index is 12.3. The molecule has 1 saturated carbocycles. The number of carbonyl (C=O) groups is 1. The highest BCUT2D eigenvalue weighted by molar-refractivity contribution is 9.10. The smallest absolute Gasteiger partial charge is 0.253 e. The van der Waals surface area contributed by atoms with Gasteiger partial charge in [-0.25, -0.2) is 0 Å². The van der Waals surface area contributed by atoms with Crippen molar-refractivity contribution in [1.29, 1.82) is 0 Å². The molecule has 0 heterocycles. The van der Waals surface area contributed by atoms with Gasteiger partial charge in [-0.05, 0) is 43.4 Å². The summed E-state index contributed by atoms with van der Waals surface area (Å²) in [4.78, 5) is 14.1. The summed E-state index contributed by atoms with van der Waals surface area (Å²) >= 11 is 3.44. The van der Waals surface area contributed by atoms with E-state index in [1.807, 2.05) is 32.2 Å². The standard InChI is InChI=1S/C14H18BrNO2/c1-9-12(4-3-5-13(9)15)14(18)16(2)8-10-6-11(17)7-10/h3-5,10-11,17H,6-8H2,1-2H3. The molecular formula is C14H18BrNO2. The van der Waals surface area contributed by atoms with Crippen LogP contribution in [0.3, 0.4) is 0 Å². The molecule has 0 atom stereocenters. The van der Waals surface area contributed by atoms with Crippen molar-refractivity contribution in [1.82, 2.24) is 4.90 Å². The molecule has 1 amide bonds. The van der Waals surface area contributed by atoms with Crippen LogP contribution >= 0.6 is 15.9 Å². The summed E-state index contributed by atoms with van der Waals surface area (Å²) in [6.07, 6.45) is 1.47. The van der Waals surface area contributed by atoms with E-state index in [4.69, 9.17) is 0 Å². The molecule has 1 aliphatic rings. The van der Waals surface area contributed by atoms with Crippen LogP contribution in [0.5, 0.6) is 0 Å². The fourth-order valence-electron chi connectivity index (χ4n) is 2.36. The second-order valence-electron chi connectivity index (χ2n) is 5.09. The summed E-state index contributed by atoms with van der Waals surface area (Å²) in [5, 5.41) is 9.26. The Labute approximate surface area is 116 Å². The molecule has 1 N–H and O–H groups in total. The van der Waals surface area contributed by atoms with Gasteiger partial charge in [0.2, 0.25) is 0 Å². The summed E-state index contributed by atoms with van der Waals surface area (Å²) < 4.78 is 0.959. The zero-order chi connectivity index (χ0) is 13.3. The monoisotopic (exact) mass is 311 g/mol. The van der Waals surface area contributed by atoms with Gasteiger partial charge in [0.1, 0.15) is 0 Å². The van der Waals surface area contributed by atoms with Crippen molar-refractivity contribution < 1.29 is 9.90 Å². The van der Waals surface area contributed by atoms with Gasteiger partial charge in [0.25, 0.3) is 5.91 Å². The van der Waals surface area contributed by atoms with Gasteiger partial charge in [-0.3, -0.25) is 4.79 Å². The number of benzene rings is 1. The van der Waals surface area contributed by atoms with Gasteiger partial charge in [0.05, 0.1) is 6.10 Å². The third-order valence-electron chi connectivity index (χ3n) is 3.59. The molecule has 1 aromatic rings. The molecule has 0 bridgehead atoms. The van der Waals surface area contributed by atoms with Crippen molar-refractivity contribution in [3.05, 3.63) is 33.8 Å². The van der Waals surface area contributed by atoms with Crippen LogP contribution < -0.4 is 0 Å². The number of nitrogens with zero attached hydrogens (tertiary/aromatic N) is 1. The minimum absolute atomic E-state index is 0.0511. The molecule has 0 spiro atoms. The van der Waals surface area contributed by atoms with Crippen molar-refractivity contribution in [2.75, 3.05) is 13.6 Å². The van der Waals surface area contributed by atoms with Crippen LogP contribution in [0.25, 0.3) is 0 Å². The normalized spacial score (nSPS) is 22.4. The van der Waals surface area contributed by atoms with Crippen molar-refractivity contribution in [3.8, 4) is 0 Å². The van der Waals surface area contributed by atoms with E-state index in [-0.39, 0.29) is 12.0 Å². The van der Waals surface area contributed by atoms with Crippen molar-refractivity contribution in [2.45, 2.75) is 25.9 Å². The lowest BCUT2D eigenvalue weighted by molar-refractivity contribution is 0.0265. The lowest BCUT2D eigenvalue weighted by Crippen LogP contribution is -2.39. The fourth-order valence-corrected chi connectivity index (χ4v) is 2.73. The average Bonchev–Trinajstić information content (AvgIpc) is 2.30. The zero-order valence-electron chi connectivity index (χ0n) is 10.7. The van der Waals surface area contributed by atoms with Gasteiger partial charge in [0, 0.05) is 23.6 Å². The van der Waals surface area contributed by atoms with Crippen molar-refractivity contribution in [3.63, 3.8) is 0 Å². The van der Waals surface area contributed by atoms with E-state index in [0.717, 1.165) is 35.0 Å². The summed E-state index contributed by atoms with van der Waals surface area (Å²) in [7, 11) is 1.83. The van der Waals surface area contributed by atoms with Gasteiger partial charge in [-0.15, -0.1) is 0 Å². The van der Waals surface area contributed by atoms with E-state index in [9.17, 15) is 9.90 Å². The topological polar surface area (TPSA) is 40.5 Å². The molecule has 0 radical (unpaired) electrons. The number of amides is 1. The molecule has 0 aromatic heterocycles. The minimum Gasteiger partial charge on any atom is -0.393 e. The van der Waals surface area contributed by atoms with E-state index < -0.39 is 0 Å². The highest BCUT2D eigenvalue weighted by Crippen LogP contribution is 2.28. The molecule has 2 rings (SSSR count). The molecule has 0 saturated heterocycles. The molecule has 0 aliphatic heterocycles. The predicted molar refractivity (Wildman–Crippen MR) is 74.6 cm³/mol. The summed E-state index contributed by atoms with van der Waals surface area (Å²) in [6, 6.07) is 5.67. The first-order valence-electron chi connectivity index (χ1n) is 6.17. The maximum Gasteiger partial charge on any atom is 0.253 e. The Morgan fingerprint density at radius 3 is 2.78 bits per heavy atom. The Hall–Kier alpha value is -0.870. The molecule has 0 unspecified atom stereocenters. The third-order valence-corrected chi connectivity index (χ3v) is 4.45. The molecule has 1 fully saturated rings. The lowest BCUT2D eigenvalue weighted by Gasteiger charge is -2.34. The van der Waals surface area contributed by atoms with Crippen LogP contribution in [0.15, 0.2) is 22.7 Å². The highest BCUT2D eigenvalue weighted by Gasteiger charge is 2.29. The Morgan fingerprint density at radius 2 is 2.17 bits per heavy atom. The Bertz CT molecular complexity index is 455. The zero-order valence-corrected chi connectivity index (χ0v) is 12.3. The fraction of sp³-hybridized carbons (Fsp3) is 0.500. The van der Waals surface area contributed by atoms with E-state index in [2.05, 4.69) is 15.9 Å². The Kier molecular flexibility index (Phi) is 4.07. The minimum atomic E-state index is -0.161. The predicted octanol–water partition coefficient (Wildman–Crippen LogP) is 2.60. The van der Waals surface area contributed by atoms with Crippen LogP contribution in [-0.2, 0) is 0 Å². The first-order chi connectivity index (χ1) is 8.49. The lowest BCUT2D eigenvalue weighted by atomic mass is 9.82. The maximum atomic E-state index is 12.3. The molecule has 18 heavy (non-hydrogen) atoms. The number of halogens is 1. The number of aliphatic hydroxyl groups is 1. The number of hydrogen-bond donors (Lipinski definition) is 1. The second-order valence-corrected chi connectivity index (χ2v) is 5.94. The summed E-state index contributed by atoms with van der Waals surface area (Å²) in [5.74, 6) is 0.497. The Balaban J connectivity index is 2.04. The second kappa shape index (κ2) is 5.41. The average molecular weight is 312 g/mol. The molecule has 4 heteroatoms. The van der Waals surface area contributed by atoms with Crippen LogP contribution in [0.2, 0.25) is 0 Å². The molecule has 1 aliphatic carbocycles. The summed E-state index contributed by atoms with van der Waals surface area (Å²) in [6.45, 7) is 2.67. The third kappa shape index (κ3) is 2.75. The van der Waals surface area contributed by atoms with E-state index >= 15 is 0 Å². The van der Waals surface area contributed by atoms with Gasteiger partial charge >= 0.3 is 0 Å². The SMILES string of the molecule is Cc1c(Br)cccc1C(=O)N(C)CC1CC(O)C1. The molecule has 1 aromatic carbocycles. The van der Waals surface area contributed by atoms with Gasteiger partial charge in [-0.1, -0.05) is 22.0 Å². The van der Waals surface area contributed by atoms with Crippen molar-refractivity contribution in [2.24, 2.45) is 5.92 Å². The van der Waals surface area contributed by atoms with Gasteiger partial charge in [-0.2, -0.15) is 0 Å². The van der Waals surface area contributed by atoms with Crippen LogP contribution in [0, 0.1) is 12.8 Å². The quantitative estimate of drug-likeness (QED) is 0.932. The van der Waals surface area contributed by atoms with Crippen LogP contribution in [0.1, 0.15) is 28.8 Å². The van der Waals surface area contributed by atoms with Crippen LogP contribution in [-0.4, -0.2) is 35.6 Å². The van der Waals surface area contributed by atoms with E-state index in [1.54, 1.807) is 4.90 Å². The highest BCUT2D eigenvalue weighted by atomic mass is 79.9. The Morgan fingerprint density at radius 1 is 1.50 bits per heavy atom. The first-order valence-corrected chi connectivity index (χ1v) is 6.97. The molecular weight excluding hydrogens is 294 g/mol. The van der Waals surface area contributed by atoms with Gasteiger partial charge in [0.15, 0.2) is 0 Å². The molecule has 3 nitrogen and oxygen atoms in total. The van der Waals surface area contributed by atoms with Gasteiger partial charge < -0.3 is 10.0 Å². The molecule has 98 valence electrons.